The summed E-state index contributed by atoms with van der Waals surface area (Å²) in [6.45, 7) is 4.60. The van der Waals surface area contributed by atoms with Gasteiger partial charge in [0.1, 0.15) is 0 Å². The predicted molar refractivity (Wildman–Crippen MR) is 163 cm³/mol. The van der Waals surface area contributed by atoms with Gasteiger partial charge in [-0.25, -0.2) is 0 Å². The molecule has 0 radical (unpaired) electrons. The Morgan fingerprint density at radius 3 is 1.28 bits per heavy atom. The molecule has 2 aliphatic carbocycles. The third-order valence-corrected chi connectivity index (χ3v) is 9.81. The zero-order chi connectivity index (χ0) is 26.9. The van der Waals surface area contributed by atoms with E-state index in [1.807, 2.05) is 0 Å². The molecule has 0 unspecified atom stereocenters. The summed E-state index contributed by atoms with van der Waals surface area (Å²) >= 11 is 0. The molecule has 2 fully saturated rings. The summed E-state index contributed by atoms with van der Waals surface area (Å²) in [6, 6.07) is 17.8. The molecule has 0 aliphatic heterocycles. The van der Waals surface area contributed by atoms with Crippen molar-refractivity contribution in [2.24, 2.45) is 11.8 Å². The van der Waals surface area contributed by atoms with Gasteiger partial charge in [0, 0.05) is 11.1 Å². The van der Waals surface area contributed by atoms with Gasteiger partial charge in [0.25, 0.3) is 0 Å². The van der Waals surface area contributed by atoms with Crippen LogP contribution in [0.25, 0.3) is 22.9 Å². The lowest BCUT2D eigenvalue weighted by Crippen LogP contribution is -2.13. The summed E-state index contributed by atoms with van der Waals surface area (Å²) in [5, 5.41) is 8.77. The van der Waals surface area contributed by atoms with Gasteiger partial charge in [-0.05, 0) is 110 Å². The molecule has 39 heavy (non-hydrogen) atoms. The lowest BCUT2D eigenvalue weighted by Gasteiger charge is -2.29. The molecule has 5 rings (SSSR count). The normalized spacial score (nSPS) is 23.6. The average Bonchev–Trinajstić information content (AvgIpc) is 3.49. The van der Waals surface area contributed by atoms with Gasteiger partial charge in [-0.3, -0.25) is 0 Å². The third-order valence-electron chi connectivity index (χ3n) is 9.81. The molecule has 1 heterocycles. The SMILES string of the molecule is CCCCCC1CCC(c2ccc(-c3nnc(-c4ccc(C5CCC(CCCCC)CC5)cc4)o3)cc2)CC1. The van der Waals surface area contributed by atoms with E-state index in [4.69, 9.17) is 4.42 Å². The van der Waals surface area contributed by atoms with Crippen LogP contribution < -0.4 is 0 Å². The minimum absolute atomic E-state index is 0.613. The van der Waals surface area contributed by atoms with E-state index in [9.17, 15) is 0 Å². The molecule has 2 saturated carbocycles. The lowest BCUT2D eigenvalue weighted by atomic mass is 9.77. The summed E-state index contributed by atoms with van der Waals surface area (Å²) in [5.74, 6) is 4.54. The lowest BCUT2D eigenvalue weighted by molar-refractivity contribution is 0.303. The Morgan fingerprint density at radius 1 is 0.538 bits per heavy atom. The Kier molecular flexibility index (Phi) is 10.3. The Bertz CT molecular complexity index is 1010. The van der Waals surface area contributed by atoms with Gasteiger partial charge in [-0.2, -0.15) is 0 Å². The maximum atomic E-state index is 6.13. The van der Waals surface area contributed by atoms with Crippen molar-refractivity contribution in [3.05, 3.63) is 59.7 Å². The van der Waals surface area contributed by atoms with Crippen LogP contribution in [0.3, 0.4) is 0 Å². The highest BCUT2D eigenvalue weighted by Gasteiger charge is 2.23. The van der Waals surface area contributed by atoms with Gasteiger partial charge in [-0.1, -0.05) is 89.5 Å². The molecule has 3 aromatic rings. The number of rotatable bonds is 12. The van der Waals surface area contributed by atoms with E-state index in [0.29, 0.717) is 23.6 Å². The summed E-state index contributed by atoms with van der Waals surface area (Å²) in [5.41, 5.74) is 4.96. The molecule has 2 aliphatic rings. The van der Waals surface area contributed by atoms with Crippen LogP contribution in [-0.2, 0) is 0 Å². The molecule has 0 atom stereocenters. The van der Waals surface area contributed by atoms with Crippen molar-refractivity contribution in [1.29, 1.82) is 0 Å². The van der Waals surface area contributed by atoms with Crippen LogP contribution in [0.2, 0.25) is 0 Å². The standard InChI is InChI=1S/C36H50N2O/c1-3-5-7-9-27-11-15-29(16-12-27)31-19-23-33(24-20-31)35-37-38-36(39-35)34-25-21-32(22-26-34)30-17-13-28(14-18-30)10-8-6-4-2/h19-30H,3-18H2,1-2H3. The fourth-order valence-corrected chi connectivity index (χ4v) is 7.19. The largest absolute Gasteiger partial charge is 0.416 e. The van der Waals surface area contributed by atoms with E-state index < -0.39 is 0 Å². The second kappa shape index (κ2) is 14.3. The maximum Gasteiger partial charge on any atom is 0.248 e. The Hall–Kier alpha value is -2.42. The average molecular weight is 527 g/mol. The summed E-state index contributed by atoms with van der Waals surface area (Å²) in [6.07, 6.45) is 22.0. The van der Waals surface area contributed by atoms with Gasteiger partial charge in [-0.15, -0.1) is 10.2 Å². The number of aromatic nitrogens is 2. The van der Waals surface area contributed by atoms with Crippen LogP contribution in [0.4, 0.5) is 0 Å². The van der Waals surface area contributed by atoms with Crippen LogP contribution in [0.15, 0.2) is 52.9 Å². The first kappa shape index (κ1) is 28.1. The maximum absolute atomic E-state index is 6.13. The van der Waals surface area contributed by atoms with E-state index >= 15 is 0 Å². The van der Waals surface area contributed by atoms with Gasteiger partial charge >= 0.3 is 0 Å². The van der Waals surface area contributed by atoms with Crippen molar-refractivity contribution in [3.8, 4) is 22.9 Å². The number of nitrogens with zero attached hydrogens (tertiary/aromatic N) is 2. The first-order chi connectivity index (χ1) is 19.2. The summed E-state index contributed by atoms with van der Waals surface area (Å²) < 4.78 is 6.13. The molecule has 3 nitrogen and oxygen atoms in total. The van der Waals surface area contributed by atoms with Crippen molar-refractivity contribution in [3.63, 3.8) is 0 Å². The molecular formula is C36H50N2O. The highest BCUT2D eigenvalue weighted by Crippen LogP contribution is 2.40. The van der Waals surface area contributed by atoms with Gasteiger partial charge in [0.2, 0.25) is 11.8 Å². The highest BCUT2D eigenvalue weighted by atomic mass is 16.4. The molecule has 0 amide bonds. The number of hydrogen-bond acceptors (Lipinski definition) is 3. The first-order valence-electron chi connectivity index (χ1n) is 16.3. The second-order valence-electron chi connectivity index (χ2n) is 12.6. The van der Waals surface area contributed by atoms with Gasteiger partial charge < -0.3 is 4.42 Å². The van der Waals surface area contributed by atoms with Crippen molar-refractivity contribution >= 4 is 0 Å². The summed E-state index contributed by atoms with van der Waals surface area (Å²) in [7, 11) is 0. The Balaban J connectivity index is 1.13. The van der Waals surface area contributed by atoms with E-state index in [1.165, 1.54) is 114 Å². The Morgan fingerprint density at radius 2 is 0.923 bits per heavy atom. The van der Waals surface area contributed by atoms with Crippen LogP contribution in [0.5, 0.6) is 0 Å². The van der Waals surface area contributed by atoms with Crippen LogP contribution >= 0.6 is 0 Å². The fraction of sp³-hybridized carbons (Fsp3) is 0.611. The van der Waals surface area contributed by atoms with E-state index in [1.54, 1.807) is 0 Å². The number of unbranched alkanes of at least 4 members (excludes halogenated alkanes) is 4. The van der Waals surface area contributed by atoms with E-state index in [0.717, 1.165) is 23.0 Å². The Labute approximate surface area is 237 Å². The minimum Gasteiger partial charge on any atom is -0.416 e. The molecule has 0 bridgehead atoms. The third kappa shape index (κ3) is 7.62. The summed E-state index contributed by atoms with van der Waals surface area (Å²) in [4.78, 5) is 0. The molecular weight excluding hydrogens is 476 g/mol. The van der Waals surface area contributed by atoms with Gasteiger partial charge in [0.05, 0.1) is 0 Å². The highest BCUT2D eigenvalue weighted by molar-refractivity contribution is 5.58. The van der Waals surface area contributed by atoms with Crippen molar-refractivity contribution in [2.45, 2.75) is 128 Å². The second-order valence-corrected chi connectivity index (χ2v) is 12.6. The molecule has 1 aromatic heterocycles. The monoisotopic (exact) mass is 526 g/mol. The van der Waals surface area contributed by atoms with E-state index in [2.05, 4.69) is 72.6 Å². The van der Waals surface area contributed by atoms with Crippen molar-refractivity contribution < 1.29 is 4.42 Å². The van der Waals surface area contributed by atoms with Crippen molar-refractivity contribution in [2.75, 3.05) is 0 Å². The molecule has 0 N–H and O–H groups in total. The zero-order valence-electron chi connectivity index (χ0n) is 24.5. The molecule has 210 valence electrons. The molecule has 0 spiro atoms. The minimum atomic E-state index is 0.613. The quantitative estimate of drug-likeness (QED) is 0.220. The topological polar surface area (TPSA) is 38.9 Å². The van der Waals surface area contributed by atoms with Crippen LogP contribution in [-0.4, -0.2) is 10.2 Å². The van der Waals surface area contributed by atoms with Crippen LogP contribution in [0.1, 0.15) is 140 Å². The molecule has 3 heteroatoms. The molecule has 2 aromatic carbocycles. The van der Waals surface area contributed by atoms with Crippen molar-refractivity contribution in [1.82, 2.24) is 10.2 Å². The molecule has 0 saturated heterocycles. The first-order valence-corrected chi connectivity index (χ1v) is 16.3. The van der Waals surface area contributed by atoms with E-state index in [-0.39, 0.29) is 0 Å². The number of benzene rings is 2. The number of hydrogen-bond donors (Lipinski definition) is 0. The zero-order valence-corrected chi connectivity index (χ0v) is 24.5. The fourth-order valence-electron chi connectivity index (χ4n) is 7.19. The predicted octanol–water partition coefficient (Wildman–Crippen LogP) is 11.1. The smallest absolute Gasteiger partial charge is 0.248 e. The van der Waals surface area contributed by atoms with Gasteiger partial charge in [0.15, 0.2) is 0 Å². The van der Waals surface area contributed by atoms with Crippen LogP contribution in [0, 0.1) is 11.8 Å².